The fourth-order valence-corrected chi connectivity index (χ4v) is 2.10. The van der Waals surface area contributed by atoms with Crippen LogP contribution in [0, 0.1) is 6.92 Å². The molecule has 3 aromatic rings. The standard InChI is InChI=1S/C16H15N3O2/c1-11-6-7-12(16-19-18-10-21-16)8-14(11)17-9-13-4-2-3-5-15(13)20/h2-8,10,17,20H,9H2,1H3. The zero-order valence-electron chi connectivity index (χ0n) is 11.6. The van der Waals surface area contributed by atoms with Crippen molar-refractivity contribution in [2.24, 2.45) is 0 Å². The Morgan fingerprint density at radius 2 is 2.05 bits per heavy atom. The Labute approximate surface area is 122 Å². The molecule has 5 nitrogen and oxygen atoms in total. The van der Waals surface area contributed by atoms with Crippen LogP contribution in [0.25, 0.3) is 11.5 Å². The van der Waals surface area contributed by atoms with E-state index in [1.807, 2.05) is 37.3 Å². The van der Waals surface area contributed by atoms with E-state index in [1.165, 1.54) is 6.39 Å². The van der Waals surface area contributed by atoms with Gasteiger partial charge in [0.15, 0.2) is 0 Å². The largest absolute Gasteiger partial charge is 0.508 e. The smallest absolute Gasteiger partial charge is 0.247 e. The second-order valence-corrected chi connectivity index (χ2v) is 4.76. The van der Waals surface area contributed by atoms with Gasteiger partial charge >= 0.3 is 0 Å². The Balaban J connectivity index is 1.82. The van der Waals surface area contributed by atoms with Crippen molar-refractivity contribution in [1.29, 1.82) is 0 Å². The van der Waals surface area contributed by atoms with E-state index in [0.717, 1.165) is 22.4 Å². The molecule has 2 aromatic carbocycles. The SMILES string of the molecule is Cc1ccc(-c2nnco2)cc1NCc1ccccc1O. The Morgan fingerprint density at radius 1 is 1.19 bits per heavy atom. The third-order valence-electron chi connectivity index (χ3n) is 3.31. The minimum absolute atomic E-state index is 0.288. The first-order chi connectivity index (χ1) is 10.2. The first-order valence-corrected chi connectivity index (χ1v) is 6.62. The van der Waals surface area contributed by atoms with Crippen LogP contribution in [-0.4, -0.2) is 15.3 Å². The maximum Gasteiger partial charge on any atom is 0.247 e. The lowest BCUT2D eigenvalue weighted by atomic mass is 10.1. The summed E-state index contributed by atoms with van der Waals surface area (Å²) in [7, 11) is 0. The fraction of sp³-hybridized carbons (Fsp3) is 0.125. The van der Waals surface area contributed by atoms with Gasteiger partial charge in [-0.05, 0) is 30.7 Å². The summed E-state index contributed by atoms with van der Waals surface area (Å²) in [5.41, 5.74) is 3.78. The number of nitrogens with zero attached hydrogens (tertiary/aromatic N) is 2. The summed E-state index contributed by atoms with van der Waals surface area (Å²) in [6, 6.07) is 13.2. The van der Waals surface area contributed by atoms with Gasteiger partial charge in [-0.2, -0.15) is 0 Å². The Kier molecular flexibility index (Phi) is 3.55. The molecular formula is C16H15N3O2. The van der Waals surface area contributed by atoms with Gasteiger partial charge in [0.2, 0.25) is 12.3 Å². The molecule has 0 radical (unpaired) electrons. The molecule has 0 saturated heterocycles. The van der Waals surface area contributed by atoms with Crippen LogP contribution in [0.3, 0.4) is 0 Å². The van der Waals surface area contributed by atoms with Gasteiger partial charge in [0.25, 0.3) is 0 Å². The number of hydrogen-bond acceptors (Lipinski definition) is 5. The molecular weight excluding hydrogens is 266 g/mol. The number of nitrogens with one attached hydrogen (secondary N) is 1. The molecule has 0 aliphatic rings. The van der Waals surface area contributed by atoms with Gasteiger partial charge in [-0.3, -0.25) is 0 Å². The average molecular weight is 281 g/mol. The molecule has 0 saturated carbocycles. The predicted octanol–water partition coefficient (Wildman–Crippen LogP) is 3.36. The Bertz CT molecular complexity index is 739. The van der Waals surface area contributed by atoms with Gasteiger partial charge in [0.05, 0.1) is 0 Å². The van der Waals surface area contributed by atoms with Crippen LogP contribution in [0.15, 0.2) is 53.3 Å². The van der Waals surface area contributed by atoms with Crippen molar-refractivity contribution < 1.29 is 9.52 Å². The molecule has 3 rings (SSSR count). The normalized spacial score (nSPS) is 10.5. The van der Waals surface area contributed by atoms with Crippen molar-refractivity contribution in [3.8, 4) is 17.2 Å². The van der Waals surface area contributed by atoms with Crippen LogP contribution in [0.2, 0.25) is 0 Å². The number of para-hydroxylation sites is 1. The van der Waals surface area contributed by atoms with Gasteiger partial charge in [0.1, 0.15) is 5.75 Å². The van der Waals surface area contributed by atoms with Crippen molar-refractivity contribution in [3.05, 3.63) is 60.0 Å². The topological polar surface area (TPSA) is 71.2 Å². The van der Waals surface area contributed by atoms with Crippen molar-refractivity contribution >= 4 is 5.69 Å². The van der Waals surface area contributed by atoms with Gasteiger partial charge < -0.3 is 14.8 Å². The van der Waals surface area contributed by atoms with Gasteiger partial charge in [0, 0.05) is 23.4 Å². The molecule has 0 aliphatic carbocycles. The highest BCUT2D eigenvalue weighted by molar-refractivity contribution is 5.64. The molecule has 106 valence electrons. The lowest BCUT2D eigenvalue weighted by Gasteiger charge is -2.11. The van der Waals surface area contributed by atoms with E-state index < -0.39 is 0 Å². The van der Waals surface area contributed by atoms with Gasteiger partial charge in [-0.1, -0.05) is 24.3 Å². The molecule has 2 N–H and O–H groups in total. The number of anilines is 1. The number of aryl methyl sites for hydroxylation is 1. The Morgan fingerprint density at radius 3 is 2.81 bits per heavy atom. The molecule has 0 spiro atoms. The summed E-state index contributed by atoms with van der Waals surface area (Å²) in [6.07, 6.45) is 1.31. The summed E-state index contributed by atoms with van der Waals surface area (Å²) in [5, 5.41) is 20.7. The van der Waals surface area contributed by atoms with Crippen LogP contribution >= 0.6 is 0 Å². The fourth-order valence-electron chi connectivity index (χ4n) is 2.10. The van der Waals surface area contributed by atoms with Crippen molar-refractivity contribution in [1.82, 2.24) is 10.2 Å². The average Bonchev–Trinajstić information content (AvgIpc) is 3.02. The molecule has 1 heterocycles. The molecule has 5 heteroatoms. The summed E-state index contributed by atoms with van der Waals surface area (Å²) in [5.74, 6) is 0.774. The highest BCUT2D eigenvalue weighted by Gasteiger charge is 2.07. The number of aromatic nitrogens is 2. The zero-order chi connectivity index (χ0) is 14.7. The van der Waals surface area contributed by atoms with Crippen LogP contribution < -0.4 is 5.32 Å². The van der Waals surface area contributed by atoms with E-state index in [9.17, 15) is 5.11 Å². The third kappa shape index (κ3) is 2.86. The second-order valence-electron chi connectivity index (χ2n) is 4.76. The van der Waals surface area contributed by atoms with Gasteiger partial charge in [-0.25, -0.2) is 0 Å². The van der Waals surface area contributed by atoms with Crippen LogP contribution in [0.1, 0.15) is 11.1 Å². The van der Waals surface area contributed by atoms with E-state index in [0.29, 0.717) is 12.4 Å². The first kappa shape index (κ1) is 13.2. The minimum Gasteiger partial charge on any atom is -0.508 e. The number of benzene rings is 2. The molecule has 0 amide bonds. The van der Waals surface area contributed by atoms with E-state index in [1.54, 1.807) is 12.1 Å². The van der Waals surface area contributed by atoms with Crippen molar-refractivity contribution in [2.75, 3.05) is 5.32 Å². The summed E-state index contributed by atoms with van der Waals surface area (Å²) < 4.78 is 5.21. The number of aromatic hydroxyl groups is 1. The number of phenolic OH excluding ortho intramolecular Hbond substituents is 1. The highest BCUT2D eigenvalue weighted by Crippen LogP contribution is 2.25. The zero-order valence-corrected chi connectivity index (χ0v) is 11.6. The second kappa shape index (κ2) is 5.66. The van der Waals surface area contributed by atoms with E-state index >= 15 is 0 Å². The molecule has 0 atom stereocenters. The quantitative estimate of drug-likeness (QED) is 0.767. The Hall–Kier alpha value is -2.82. The van der Waals surface area contributed by atoms with E-state index in [-0.39, 0.29) is 5.75 Å². The highest BCUT2D eigenvalue weighted by atomic mass is 16.4. The molecule has 0 unspecified atom stereocenters. The lowest BCUT2D eigenvalue weighted by molar-refractivity contribution is 0.469. The number of rotatable bonds is 4. The van der Waals surface area contributed by atoms with Crippen molar-refractivity contribution in [3.63, 3.8) is 0 Å². The molecule has 0 bridgehead atoms. The number of phenols is 1. The third-order valence-corrected chi connectivity index (χ3v) is 3.31. The summed E-state index contributed by atoms with van der Waals surface area (Å²) in [6.45, 7) is 2.56. The molecule has 0 aliphatic heterocycles. The van der Waals surface area contributed by atoms with Gasteiger partial charge in [-0.15, -0.1) is 10.2 Å². The summed E-state index contributed by atoms with van der Waals surface area (Å²) in [4.78, 5) is 0. The van der Waals surface area contributed by atoms with Crippen LogP contribution in [0.5, 0.6) is 5.75 Å². The first-order valence-electron chi connectivity index (χ1n) is 6.62. The molecule has 0 fully saturated rings. The van der Waals surface area contributed by atoms with Crippen LogP contribution in [0.4, 0.5) is 5.69 Å². The molecule has 21 heavy (non-hydrogen) atoms. The maximum absolute atomic E-state index is 9.79. The monoisotopic (exact) mass is 281 g/mol. The lowest BCUT2D eigenvalue weighted by Crippen LogP contribution is -2.01. The minimum atomic E-state index is 0.288. The molecule has 1 aromatic heterocycles. The van der Waals surface area contributed by atoms with E-state index in [4.69, 9.17) is 4.42 Å². The number of hydrogen-bond donors (Lipinski definition) is 2. The van der Waals surface area contributed by atoms with E-state index in [2.05, 4.69) is 15.5 Å². The predicted molar refractivity (Wildman–Crippen MR) is 79.9 cm³/mol. The van der Waals surface area contributed by atoms with Crippen LogP contribution in [-0.2, 0) is 6.54 Å². The maximum atomic E-state index is 9.79. The summed E-state index contributed by atoms with van der Waals surface area (Å²) >= 11 is 0. The van der Waals surface area contributed by atoms with Crippen molar-refractivity contribution in [2.45, 2.75) is 13.5 Å².